The second kappa shape index (κ2) is 5.75. The Kier molecular flexibility index (Phi) is 4.06. The van der Waals surface area contributed by atoms with Crippen molar-refractivity contribution >= 4 is 27.5 Å². The summed E-state index contributed by atoms with van der Waals surface area (Å²) in [5, 5.41) is 12.5. The molecule has 0 heterocycles. The van der Waals surface area contributed by atoms with E-state index in [1.807, 2.05) is 12.1 Å². The minimum absolute atomic E-state index is 0.117. The predicted molar refractivity (Wildman–Crippen MR) is 76.8 cm³/mol. The summed E-state index contributed by atoms with van der Waals surface area (Å²) in [7, 11) is 1.50. The van der Waals surface area contributed by atoms with E-state index in [-0.39, 0.29) is 17.2 Å². The average Bonchev–Trinajstić information content (AvgIpc) is 2.41. The SMILES string of the molecule is COc1ccc(C(=O)Nc2ccc(Br)cc2)c(O)c1. The van der Waals surface area contributed by atoms with Gasteiger partial charge in [-0.15, -0.1) is 0 Å². The van der Waals surface area contributed by atoms with Gasteiger partial charge in [0.1, 0.15) is 11.5 Å². The van der Waals surface area contributed by atoms with E-state index in [0.29, 0.717) is 11.4 Å². The summed E-state index contributed by atoms with van der Waals surface area (Å²) in [5.41, 5.74) is 0.854. The van der Waals surface area contributed by atoms with Crippen LogP contribution in [0.1, 0.15) is 10.4 Å². The summed E-state index contributed by atoms with van der Waals surface area (Å²) in [4.78, 5) is 12.0. The molecule has 5 heteroatoms. The van der Waals surface area contributed by atoms with Crippen LogP contribution in [0, 0.1) is 0 Å². The van der Waals surface area contributed by atoms with Crippen LogP contribution in [0.4, 0.5) is 5.69 Å². The van der Waals surface area contributed by atoms with Gasteiger partial charge >= 0.3 is 0 Å². The second-order valence-electron chi connectivity index (χ2n) is 3.84. The van der Waals surface area contributed by atoms with Crippen LogP contribution in [0.15, 0.2) is 46.9 Å². The Morgan fingerprint density at radius 2 is 1.89 bits per heavy atom. The van der Waals surface area contributed by atoms with Crippen LogP contribution in [-0.4, -0.2) is 18.1 Å². The largest absolute Gasteiger partial charge is 0.507 e. The molecular formula is C14H12BrNO3. The lowest BCUT2D eigenvalue weighted by molar-refractivity contribution is 0.102. The van der Waals surface area contributed by atoms with Crippen molar-refractivity contribution in [3.8, 4) is 11.5 Å². The van der Waals surface area contributed by atoms with Gasteiger partial charge in [0, 0.05) is 16.2 Å². The number of aromatic hydroxyl groups is 1. The van der Waals surface area contributed by atoms with Crippen molar-refractivity contribution in [3.05, 3.63) is 52.5 Å². The molecule has 2 aromatic rings. The fourth-order valence-corrected chi connectivity index (χ4v) is 1.83. The van der Waals surface area contributed by atoms with E-state index in [2.05, 4.69) is 21.2 Å². The molecule has 0 aliphatic rings. The number of rotatable bonds is 3. The van der Waals surface area contributed by atoms with Crippen molar-refractivity contribution in [2.45, 2.75) is 0 Å². The molecule has 0 saturated carbocycles. The third kappa shape index (κ3) is 3.26. The van der Waals surface area contributed by atoms with E-state index >= 15 is 0 Å². The molecule has 2 aromatic carbocycles. The van der Waals surface area contributed by atoms with E-state index in [0.717, 1.165) is 4.47 Å². The number of amides is 1. The number of carbonyl (C=O) groups is 1. The molecule has 0 fully saturated rings. The minimum atomic E-state index is -0.373. The summed E-state index contributed by atoms with van der Waals surface area (Å²) in [6, 6.07) is 11.7. The summed E-state index contributed by atoms with van der Waals surface area (Å²) in [6.45, 7) is 0. The summed E-state index contributed by atoms with van der Waals surface area (Å²) in [6.07, 6.45) is 0. The topological polar surface area (TPSA) is 58.6 Å². The van der Waals surface area contributed by atoms with E-state index in [1.165, 1.54) is 19.2 Å². The molecule has 0 atom stereocenters. The summed E-state index contributed by atoms with van der Waals surface area (Å²) < 4.78 is 5.89. The van der Waals surface area contributed by atoms with Crippen LogP contribution in [-0.2, 0) is 0 Å². The number of benzene rings is 2. The molecule has 0 spiro atoms. The van der Waals surface area contributed by atoms with Crippen LogP contribution in [0.3, 0.4) is 0 Å². The normalized spacial score (nSPS) is 10.0. The number of nitrogens with one attached hydrogen (secondary N) is 1. The predicted octanol–water partition coefficient (Wildman–Crippen LogP) is 3.42. The molecule has 98 valence electrons. The zero-order chi connectivity index (χ0) is 13.8. The number of hydrogen-bond donors (Lipinski definition) is 2. The van der Waals surface area contributed by atoms with Crippen molar-refractivity contribution < 1.29 is 14.6 Å². The highest BCUT2D eigenvalue weighted by atomic mass is 79.9. The third-order valence-electron chi connectivity index (χ3n) is 2.55. The smallest absolute Gasteiger partial charge is 0.259 e. The molecule has 0 aliphatic carbocycles. The Bertz CT molecular complexity index is 596. The van der Waals surface area contributed by atoms with Gasteiger partial charge in [0.25, 0.3) is 5.91 Å². The monoisotopic (exact) mass is 321 g/mol. The first-order valence-electron chi connectivity index (χ1n) is 5.54. The van der Waals surface area contributed by atoms with Crippen LogP contribution < -0.4 is 10.1 Å². The molecule has 0 aromatic heterocycles. The molecule has 0 unspecified atom stereocenters. The average molecular weight is 322 g/mol. The molecule has 0 aliphatic heterocycles. The van der Waals surface area contributed by atoms with Crippen LogP contribution in [0.5, 0.6) is 11.5 Å². The maximum atomic E-state index is 12.0. The first-order valence-corrected chi connectivity index (χ1v) is 6.33. The molecule has 2 rings (SSSR count). The third-order valence-corrected chi connectivity index (χ3v) is 3.08. The maximum absolute atomic E-state index is 12.0. The van der Waals surface area contributed by atoms with Gasteiger partial charge in [-0.1, -0.05) is 15.9 Å². The minimum Gasteiger partial charge on any atom is -0.507 e. The standard InChI is InChI=1S/C14H12BrNO3/c1-19-11-6-7-12(13(17)8-11)14(18)16-10-4-2-9(15)3-5-10/h2-8,17H,1H3,(H,16,18). The van der Waals surface area contributed by atoms with E-state index in [9.17, 15) is 9.90 Å². The Morgan fingerprint density at radius 3 is 2.47 bits per heavy atom. The number of hydrogen-bond acceptors (Lipinski definition) is 3. The highest BCUT2D eigenvalue weighted by Crippen LogP contribution is 2.24. The lowest BCUT2D eigenvalue weighted by Gasteiger charge is -2.08. The fourth-order valence-electron chi connectivity index (χ4n) is 1.56. The first kappa shape index (κ1) is 13.4. The molecule has 0 bridgehead atoms. The molecular weight excluding hydrogens is 310 g/mol. The zero-order valence-corrected chi connectivity index (χ0v) is 11.8. The van der Waals surface area contributed by atoms with Gasteiger partial charge in [-0.3, -0.25) is 4.79 Å². The Hall–Kier alpha value is -2.01. The quantitative estimate of drug-likeness (QED) is 0.910. The van der Waals surface area contributed by atoms with Gasteiger partial charge in [-0.2, -0.15) is 0 Å². The number of phenolic OH excluding ortho intramolecular Hbond substituents is 1. The maximum Gasteiger partial charge on any atom is 0.259 e. The highest BCUT2D eigenvalue weighted by Gasteiger charge is 2.12. The molecule has 2 N–H and O–H groups in total. The molecule has 0 radical (unpaired) electrons. The van der Waals surface area contributed by atoms with Crippen molar-refractivity contribution in [2.24, 2.45) is 0 Å². The second-order valence-corrected chi connectivity index (χ2v) is 4.76. The van der Waals surface area contributed by atoms with Gasteiger partial charge in [0.2, 0.25) is 0 Å². The Morgan fingerprint density at radius 1 is 1.21 bits per heavy atom. The number of anilines is 1. The van der Waals surface area contributed by atoms with Crippen molar-refractivity contribution in [3.63, 3.8) is 0 Å². The van der Waals surface area contributed by atoms with Gasteiger partial charge in [0.05, 0.1) is 12.7 Å². The summed E-state index contributed by atoms with van der Waals surface area (Å²) >= 11 is 3.32. The highest BCUT2D eigenvalue weighted by molar-refractivity contribution is 9.10. The molecule has 19 heavy (non-hydrogen) atoms. The number of halogens is 1. The summed E-state index contributed by atoms with van der Waals surface area (Å²) in [5.74, 6) is 0.00845. The van der Waals surface area contributed by atoms with Gasteiger partial charge in [-0.25, -0.2) is 0 Å². The lowest BCUT2D eigenvalue weighted by atomic mass is 10.1. The zero-order valence-electron chi connectivity index (χ0n) is 10.2. The molecule has 0 saturated heterocycles. The number of methoxy groups -OCH3 is 1. The van der Waals surface area contributed by atoms with Crippen LogP contribution in [0.2, 0.25) is 0 Å². The van der Waals surface area contributed by atoms with Crippen molar-refractivity contribution in [1.29, 1.82) is 0 Å². The van der Waals surface area contributed by atoms with Crippen LogP contribution in [0.25, 0.3) is 0 Å². The van der Waals surface area contributed by atoms with Crippen molar-refractivity contribution in [2.75, 3.05) is 12.4 Å². The number of ether oxygens (including phenoxy) is 1. The van der Waals surface area contributed by atoms with Gasteiger partial charge in [-0.05, 0) is 36.4 Å². The van der Waals surface area contributed by atoms with Crippen molar-refractivity contribution in [1.82, 2.24) is 0 Å². The lowest BCUT2D eigenvalue weighted by Crippen LogP contribution is -2.11. The van der Waals surface area contributed by atoms with E-state index < -0.39 is 0 Å². The van der Waals surface area contributed by atoms with E-state index in [4.69, 9.17) is 4.74 Å². The van der Waals surface area contributed by atoms with Crippen LogP contribution >= 0.6 is 15.9 Å². The van der Waals surface area contributed by atoms with E-state index in [1.54, 1.807) is 18.2 Å². The number of phenols is 1. The molecule has 1 amide bonds. The Balaban J connectivity index is 2.18. The fraction of sp³-hybridized carbons (Fsp3) is 0.0714. The number of carbonyl (C=O) groups excluding carboxylic acids is 1. The Labute approximate surface area is 119 Å². The first-order chi connectivity index (χ1) is 9.10. The van der Waals surface area contributed by atoms with Gasteiger partial charge in [0.15, 0.2) is 0 Å². The molecule has 4 nitrogen and oxygen atoms in total. The van der Waals surface area contributed by atoms with Gasteiger partial charge < -0.3 is 15.2 Å².